The van der Waals surface area contributed by atoms with Gasteiger partial charge < -0.3 is 9.84 Å². The predicted octanol–water partition coefficient (Wildman–Crippen LogP) is 2.10. The molecule has 0 aliphatic heterocycles. The molecule has 2 atom stereocenters. The predicted molar refractivity (Wildman–Crippen MR) is 62.1 cm³/mol. The molecule has 1 aromatic carbocycles. The highest BCUT2D eigenvalue weighted by molar-refractivity contribution is 5.78. The van der Waals surface area contributed by atoms with E-state index in [1.165, 1.54) is 0 Å². The van der Waals surface area contributed by atoms with Crippen molar-refractivity contribution in [1.82, 2.24) is 0 Å². The molecule has 0 aromatic heterocycles. The van der Waals surface area contributed by atoms with Gasteiger partial charge in [0.1, 0.15) is 6.10 Å². The Bertz CT molecular complexity index is 321. The Hall–Kier alpha value is -1.35. The number of aliphatic hydroxyl groups excluding tert-OH is 1. The van der Waals surface area contributed by atoms with Crippen LogP contribution < -0.4 is 0 Å². The fourth-order valence-corrected chi connectivity index (χ4v) is 1.54. The molecule has 0 spiro atoms. The smallest absolute Gasteiger partial charge is 0.313 e. The van der Waals surface area contributed by atoms with Crippen LogP contribution in [0.2, 0.25) is 0 Å². The average Bonchev–Trinajstić information content (AvgIpc) is 2.31. The Labute approximate surface area is 96.1 Å². The van der Waals surface area contributed by atoms with Crippen molar-refractivity contribution >= 4 is 5.97 Å². The minimum absolute atomic E-state index is 0.142. The topological polar surface area (TPSA) is 46.5 Å². The Balaban J connectivity index is 2.71. The number of hydrogen-bond acceptors (Lipinski definition) is 3. The van der Waals surface area contributed by atoms with Crippen LogP contribution in [-0.2, 0) is 9.53 Å². The summed E-state index contributed by atoms with van der Waals surface area (Å²) >= 11 is 0. The van der Waals surface area contributed by atoms with Crippen molar-refractivity contribution in [1.29, 1.82) is 0 Å². The standard InChI is InChI=1S/C13H18O3/c1-3-12(11-7-5-4-6-8-11)13(15)16-10(2)9-14/h4-8,10,12,14H,3,9H2,1-2H3. The van der Waals surface area contributed by atoms with Gasteiger partial charge in [-0.1, -0.05) is 37.3 Å². The lowest BCUT2D eigenvalue weighted by Crippen LogP contribution is -2.23. The number of ether oxygens (including phenoxy) is 1. The molecule has 16 heavy (non-hydrogen) atoms. The minimum atomic E-state index is -0.440. The summed E-state index contributed by atoms with van der Waals surface area (Å²) in [4.78, 5) is 11.8. The van der Waals surface area contributed by atoms with Gasteiger partial charge in [-0.05, 0) is 18.9 Å². The molecule has 88 valence electrons. The highest BCUT2D eigenvalue weighted by Crippen LogP contribution is 2.21. The monoisotopic (exact) mass is 222 g/mol. The second-order valence-electron chi connectivity index (χ2n) is 3.80. The molecular formula is C13H18O3. The summed E-state index contributed by atoms with van der Waals surface area (Å²) in [6, 6.07) is 9.55. The maximum atomic E-state index is 11.8. The van der Waals surface area contributed by atoms with Crippen LogP contribution in [0.15, 0.2) is 30.3 Å². The number of hydrogen-bond donors (Lipinski definition) is 1. The minimum Gasteiger partial charge on any atom is -0.460 e. The zero-order chi connectivity index (χ0) is 12.0. The van der Waals surface area contributed by atoms with Crippen molar-refractivity contribution in [2.24, 2.45) is 0 Å². The third-order valence-corrected chi connectivity index (χ3v) is 2.47. The van der Waals surface area contributed by atoms with E-state index < -0.39 is 6.10 Å². The largest absolute Gasteiger partial charge is 0.460 e. The van der Waals surface area contributed by atoms with Crippen LogP contribution in [0.4, 0.5) is 0 Å². The molecule has 0 heterocycles. The lowest BCUT2D eigenvalue weighted by molar-refractivity contribution is -0.152. The van der Waals surface area contributed by atoms with Crippen molar-refractivity contribution < 1.29 is 14.6 Å². The van der Waals surface area contributed by atoms with Gasteiger partial charge >= 0.3 is 5.97 Å². The van der Waals surface area contributed by atoms with E-state index in [1.54, 1.807) is 6.92 Å². The zero-order valence-electron chi connectivity index (χ0n) is 9.72. The van der Waals surface area contributed by atoms with E-state index in [2.05, 4.69) is 0 Å². The van der Waals surface area contributed by atoms with Gasteiger partial charge in [0, 0.05) is 0 Å². The number of esters is 1. The Morgan fingerprint density at radius 1 is 1.38 bits per heavy atom. The van der Waals surface area contributed by atoms with Crippen molar-refractivity contribution in [3.05, 3.63) is 35.9 Å². The number of benzene rings is 1. The number of carbonyl (C=O) groups excluding carboxylic acids is 1. The van der Waals surface area contributed by atoms with Crippen molar-refractivity contribution in [3.63, 3.8) is 0 Å². The first-order chi connectivity index (χ1) is 7.69. The van der Waals surface area contributed by atoms with E-state index in [0.29, 0.717) is 6.42 Å². The van der Waals surface area contributed by atoms with Crippen LogP contribution in [0.1, 0.15) is 31.7 Å². The van der Waals surface area contributed by atoms with Gasteiger partial charge in [0.2, 0.25) is 0 Å². The molecule has 0 aliphatic carbocycles. The van der Waals surface area contributed by atoms with Gasteiger partial charge in [-0.15, -0.1) is 0 Å². The molecule has 0 saturated heterocycles. The highest BCUT2D eigenvalue weighted by atomic mass is 16.6. The summed E-state index contributed by atoms with van der Waals surface area (Å²) in [6.45, 7) is 3.48. The first kappa shape index (κ1) is 12.7. The van der Waals surface area contributed by atoms with Crippen LogP contribution in [0.3, 0.4) is 0 Å². The molecule has 2 unspecified atom stereocenters. The van der Waals surface area contributed by atoms with Crippen molar-refractivity contribution in [2.45, 2.75) is 32.3 Å². The third-order valence-electron chi connectivity index (χ3n) is 2.47. The molecule has 3 heteroatoms. The molecular weight excluding hydrogens is 204 g/mol. The lowest BCUT2D eigenvalue weighted by atomic mass is 9.97. The summed E-state index contributed by atoms with van der Waals surface area (Å²) in [5.74, 6) is -0.509. The van der Waals surface area contributed by atoms with Crippen LogP contribution in [0.25, 0.3) is 0 Å². The molecule has 1 rings (SSSR count). The molecule has 0 saturated carbocycles. The van der Waals surface area contributed by atoms with Gasteiger partial charge in [-0.2, -0.15) is 0 Å². The van der Waals surface area contributed by atoms with Crippen LogP contribution in [-0.4, -0.2) is 23.8 Å². The number of rotatable bonds is 5. The Morgan fingerprint density at radius 3 is 2.50 bits per heavy atom. The molecule has 0 amide bonds. The van der Waals surface area contributed by atoms with Gasteiger partial charge in [-0.3, -0.25) is 4.79 Å². The number of carbonyl (C=O) groups is 1. The SMILES string of the molecule is CCC(C(=O)OC(C)CO)c1ccccc1. The van der Waals surface area contributed by atoms with Gasteiger partial charge in [0.15, 0.2) is 0 Å². The van der Waals surface area contributed by atoms with Crippen LogP contribution in [0.5, 0.6) is 0 Å². The molecule has 1 aromatic rings. The molecule has 0 bridgehead atoms. The summed E-state index contributed by atoms with van der Waals surface area (Å²) < 4.78 is 5.12. The number of aliphatic hydroxyl groups is 1. The second kappa shape index (κ2) is 6.28. The van der Waals surface area contributed by atoms with Crippen molar-refractivity contribution in [3.8, 4) is 0 Å². The van der Waals surface area contributed by atoms with E-state index in [-0.39, 0.29) is 18.5 Å². The van der Waals surface area contributed by atoms with Gasteiger partial charge in [0.05, 0.1) is 12.5 Å². The highest BCUT2D eigenvalue weighted by Gasteiger charge is 2.21. The maximum Gasteiger partial charge on any atom is 0.313 e. The van der Waals surface area contributed by atoms with E-state index in [4.69, 9.17) is 9.84 Å². The maximum absolute atomic E-state index is 11.8. The summed E-state index contributed by atoms with van der Waals surface area (Å²) in [6.07, 6.45) is 0.256. The first-order valence-corrected chi connectivity index (χ1v) is 5.55. The molecule has 3 nitrogen and oxygen atoms in total. The first-order valence-electron chi connectivity index (χ1n) is 5.55. The molecule has 0 fully saturated rings. The second-order valence-corrected chi connectivity index (χ2v) is 3.80. The summed E-state index contributed by atoms with van der Waals surface area (Å²) in [7, 11) is 0. The Morgan fingerprint density at radius 2 is 2.00 bits per heavy atom. The van der Waals surface area contributed by atoms with Crippen LogP contribution >= 0.6 is 0 Å². The molecule has 0 radical (unpaired) electrons. The van der Waals surface area contributed by atoms with Gasteiger partial charge in [0.25, 0.3) is 0 Å². The van der Waals surface area contributed by atoms with Gasteiger partial charge in [-0.25, -0.2) is 0 Å². The average molecular weight is 222 g/mol. The fraction of sp³-hybridized carbons (Fsp3) is 0.462. The molecule has 1 N–H and O–H groups in total. The molecule has 0 aliphatic rings. The van der Waals surface area contributed by atoms with E-state index >= 15 is 0 Å². The zero-order valence-corrected chi connectivity index (χ0v) is 9.72. The van der Waals surface area contributed by atoms with E-state index in [9.17, 15) is 4.79 Å². The van der Waals surface area contributed by atoms with E-state index in [1.807, 2.05) is 37.3 Å². The summed E-state index contributed by atoms with van der Waals surface area (Å²) in [5.41, 5.74) is 0.958. The normalized spacial score (nSPS) is 14.2. The van der Waals surface area contributed by atoms with Crippen molar-refractivity contribution in [2.75, 3.05) is 6.61 Å². The third kappa shape index (κ3) is 3.35. The quantitative estimate of drug-likeness (QED) is 0.776. The lowest BCUT2D eigenvalue weighted by Gasteiger charge is -2.17. The Kier molecular flexibility index (Phi) is 4.99. The fourth-order valence-electron chi connectivity index (χ4n) is 1.54. The van der Waals surface area contributed by atoms with Crippen LogP contribution in [0, 0.1) is 0 Å². The summed E-state index contributed by atoms with van der Waals surface area (Å²) in [5, 5.41) is 8.83. The van der Waals surface area contributed by atoms with E-state index in [0.717, 1.165) is 5.56 Å².